The highest BCUT2D eigenvalue weighted by molar-refractivity contribution is 5.67. The molecular formula is C11H18N2O3. The van der Waals surface area contributed by atoms with Crippen molar-refractivity contribution in [2.75, 3.05) is 0 Å². The van der Waals surface area contributed by atoms with Crippen molar-refractivity contribution in [3.8, 4) is 0 Å². The van der Waals surface area contributed by atoms with Crippen LogP contribution in [0.1, 0.15) is 45.4 Å². The van der Waals surface area contributed by atoms with E-state index in [1.54, 1.807) is 0 Å². The molecule has 5 nitrogen and oxygen atoms in total. The molecule has 0 aliphatic rings. The molecule has 90 valence electrons. The van der Waals surface area contributed by atoms with Crippen molar-refractivity contribution < 1.29 is 14.3 Å². The molecule has 0 fully saturated rings. The summed E-state index contributed by atoms with van der Waals surface area (Å²) in [5.74, 6) is 0.344. The third-order valence-corrected chi connectivity index (χ3v) is 2.23. The van der Waals surface area contributed by atoms with Crippen LogP contribution < -0.4 is 0 Å². The summed E-state index contributed by atoms with van der Waals surface area (Å²) < 4.78 is 5.43. The average Bonchev–Trinajstić information content (AvgIpc) is 2.49. The van der Waals surface area contributed by atoms with Gasteiger partial charge < -0.3 is 9.52 Å². The second kappa shape index (κ2) is 5.09. The van der Waals surface area contributed by atoms with Gasteiger partial charge in [-0.05, 0) is 11.8 Å². The van der Waals surface area contributed by atoms with Crippen molar-refractivity contribution in [3.05, 3.63) is 11.8 Å². The maximum absolute atomic E-state index is 10.6. The SMILES string of the molecule is CCCc1nnc(CC(C)(C)CC(=O)O)o1. The molecule has 0 radical (unpaired) electrons. The lowest BCUT2D eigenvalue weighted by Gasteiger charge is -2.19. The summed E-state index contributed by atoms with van der Waals surface area (Å²) in [6.07, 6.45) is 2.32. The number of carbonyl (C=O) groups is 1. The number of aryl methyl sites for hydroxylation is 1. The zero-order chi connectivity index (χ0) is 12.2. The number of nitrogens with zero attached hydrogens (tertiary/aromatic N) is 2. The Labute approximate surface area is 94.9 Å². The van der Waals surface area contributed by atoms with Gasteiger partial charge in [0.2, 0.25) is 11.8 Å². The van der Waals surface area contributed by atoms with E-state index < -0.39 is 5.97 Å². The fraction of sp³-hybridized carbons (Fsp3) is 0.727. The zero-order valence-corrected chi connectivity index (χ0v) is 9.99. The van der Waals surface area contributed by atoms with Crippen LogP contribution in [-0.4, -0.2) is 21.3 Å². The van der Waals surface area contributed by atoms with Gasteiger partial charge in [-0.25, -0.2) is 0 Å². The maximum Gasteiger partial charge on any atom is 0.303 e. The third-order valence-electron chi connectivity index (χ3n) is 2.23. The van der Waals surface area contributed by atoms with E-state index in [0.717, 1.165) is 12.8 Å². The van der Waals surface area contributed by atoms with E-state index >= 15 is 0 Å². The topological polar surface area (TPSA) is 76.2 Å². The van der Waals surface area contributed by atoms with Gasteiger partial charge in [-0.1, -0.05) is 20.8 Å². The van der Waals surface area contributed by atoms with Crippen LogP contribution in [0.4, 0.5) is 0 Å². The maximum atomic E-state index is 10.6. The number of aliphatic carboxylic acids is 1. The number of carboxylic acids is 1. The summed E-state index contributed by atoms with van der Waals surface area (Å²) in [7, 11) is 0. The van der Waals surface area contributed by atoms with E-state index in [0.29, 0.717) is 18.2 Å². The second-order valence-corrected chi connectivity index (χ2v) is 4.75. The van der Waals surface area contributed by atoms with Crippen molar-refractivity contribution in [1.82, 2.24) is 10.2 Å². The Bertz CT molecular complexity index is 358. The van der Waals surface area contributed by atoms with Crippen LogP contribution >= 0.6 is 0 Å². The number of aromatic nitrogens is 2. The van der Waals surface area contributed by atoms with E-state index in [-0.39, 0.29) is 11.8 Å². The zero-order valence-electron chi connectivity index (χ0n) is 9.99. The highest BCUT2D eigenvalue weighted by Crippen LogP contribution is 2.25. The van der Waals surface area contributed by atoms with Gasteiger partial charge in [0.25, 0.3) is 0 Å². The van der Waals surface area contributed by atoms with Crippen LogP contribution in [0.5, 0.6) is 0 Å². The first kappa shape index (κ1) is 12.7. The molecule has 1 aromatic heterocycles. The molecule has 5 heteroatoms. The van der Waals surface area contributed by atoms with Crippen LogP contribution in [0.2, 0.25) is 0 Å². The van der Waals surface area contributed by atoms with Crippen molar-refractivity contribution in [1.29, 1.82) is 0 Å². The van der Waals surface area contributed by atoms with Gasteiger partial charge in [0.15, 0.2) is 0 Å². The van der Waals surface area contributed by atoms with E-state index in [9.17, 15) is 4.79 Å². The van der Waals surface area contributed by atoms with Crippen LogP contribution in [-0.2, 0) is 17.6 Å². The second-order valence-electron chi connectivity index (χ2n) is 4.75. The van der Waals surface area contributed by atoms with Gasteiger partial charge in [0, 0.05) is 12.8 Å². The van der Waals surface area contributed by atoms with E-state index in [4.69, 9.17) is 9.52 Å². The largest absolute Gasteiger partial charge is 0.481 e. The minimum absolute atomic E-state index is 0.0957. The molecule has 1 rings (SSSR count). The smallest absolute Gasteiger partial charge is 0.303 e. The predicted molar refractivity (Wildman–Crippen MR) is 58.0 cm³/mol. The number of hydrogen-bond donors (Lipinski definition) is 1. The van der Waals surface area contributed by atoms with Crippen molar-refractivity contribution in [2.24, 2.45) is 5.41 Å². The van der Waals surface area contributed by atoms with Gasteiger partial charge >= 0.3 is 5.97 Å². The van der Waals surface area contributed by atoms with Crippen molar-refractivity contribution >= 4 is 5.97 Å². The molecule has 0 saturated carbocycles. The van der Waals surface area contributed by atoms with E-state index in [2.05, 4.69) is 10.2 Å². The Balaban J connectivity index is 2.61. The Morgan fingerprint density at radius 2 is 2.00 bits per heavy atom. The van der Waals surface area contributed by atoms with Crippen molar-refractivity contribution in [3.63, 3.8) is 0 Å². The molecule has 16 heavy (non-hydrogen) atoms. The minimum Gasteiger partial charge on any atom is -0.481 e. The Morgan fingerprint density at radius 1 is 1.38 bits per heavy atom. The monoisotopic (exact) mass is 226 g/mol. The summed E-state index contributed by atoms with van der Waals surface area (Å²) >= 11 is 0. The lowest BCUT2D eigenvalue weighted by Crippen LogP contribution is -2.19. The average molecular weight is 226 g/mol. The molecule has 0 spiro atoms. The first-order valence-corrected chi connectivity index (χ1v) is 5.46. The molecule has 0 aliphatic heterocycles. The Kier molecular flexibility index (Phi) is 4.04. The number of rotatable bonds is 6. The molecule has 0 aromatic carbocycles. The molecular weight excluding hydrogens is 208 g/mol. The van der Waals surface area contributed by atoms with Crippen LogP contribution in [0.25, 0.3) is 0 Å². The normalized spacial score (nSPS) is 11.7. The highest BCUT2D eigenvalue weighted by atomic mass is 16.4. The fourth-order valence-electron chi connectivity index (χ4n) is 1.56. The Morgan fingerprint density at radius 3 is 2.56 bits per heavy atom. The van der Waals surface area contributed by atoms with Gasteiger partial charge in [0.05, 0.1) is 6.42 Å². The third kappa shape index (κ3) is 4.00. The molecule has 0 atom stereocenters. The Hall–Kier alpha value is -1.39. The van der Waals surface area contributed by atoms with Gasteiger partial charge in [-0.3, -0.25) is 4.79 Å². The quantitative estimate of drug-likeness (QED) is 0.803. The molecule has 0 amide bonds. The van der Waals surface area contributed by atoms with Gasteiger partial charge in [0.1, 0.15) is 0 Å². The van der Waals surface area contributed by atoms with Gasteiger partial charge in [-0.15, -0.1) is 10.2 Å². The first-order valence-electron chi connectivity index (χ1n) is 5.46. The van der Waals surface area contributed by atoms with Crippen LogP contribution in [0.15, 0.2) is 4.42 Å². The van der Waals surface area contributed by atoms with Crippen LogP contribution in [0.3, 0.4) is 0 Å². The molecule has 0 aliphatic carbocycles. The summed E-state index contributed by atoms with van der Waals surface area (Å²) in [6.45, 7) is 5.80. The molecule has 0 unspecified atom stereocenters. The molecule has 1 aromatic rings. The lowest BCUT2D eigenvalue weighted by atomic mass is 9.86. The predicted octanol–water partition coefficient (Wildman–Crippen LogP) is 2.07. The molecule has 1 N–H and O–H groups in total. The molecule has 0 bridgehead atoms. The summed E-state index contributed by atoms with van der Waals surface area (Å²) in [5, 5.41) is 16.6. The standard InChI is InChI=1S/C11H18N2O3/c1-4-5-8-12-13-9(16-8)6-11(2,3)7-10(14)15/h4-7H2,1-3H3,(H,14,15). The summed E-state index contributed by atoms with van der Waals surface area (Å²) in [6, 6.07) is 0. The first-order chi connectivity index (χ1) is 7.43. The van der Waals surface area contributed by atoms with E-state index in [1.807, 2.05) is 20.8 Å². The summed E-state index contributed by atoms with van der Waals surface area (Å²) in [4.78, 5) is 10.6. The minimum atomic E-state index is -0.807. The van der Waals surface area contributed by atoms with Crippen molar-refractivity contribution in [2.45, 2.75) is 46.5 Å². The van der Waals surface area contributed by atoms with Gasteiger partial charge in [-0.2, -0.15) is 0 Å². The van der Waals surface area contributed by atoms with Crippen LogP contribution in [0, 0.1) is 5.41 Å². The number of hydrogen-bond acceptors (Lipinski definition) is 4. The molecule has 1 heterocycles. The van der Waals surface area contributed by atoms with E-state index in [1.165, 1.54) is 0 Å². The fourth-order valence-corrected chi connectivity index (χ4v) is 1.56. The summed E-state index contributed by atoms with van der Waals surface area (Å²) in [5.41, 5.74) is -0.359. The molecule has 0 saturated heterocycles. The highest BCUT2D eigenvalue weighted by Gasteiger charge is 2.25. The number of carboxylic acid groups (broad SMARTS) is 1. The lowest BCUT2D eigenvalue weighted by molar-refractivity contribution is -0.139.